The Balaban J connectivity index is 1.98. The molecule has 0 amide bonds. The van der Waals surface area contributed by atoms with E-state index in [0.29, 0.717) is 0 Å². The lowest BCUT2D eigenvalue weighted by atomic mass is 9.98. The summed E-state index contributed by atoms with van der Waals surface area (Å²) in [4.78, 5) is 0. The van der Waals surface area contributed by atoms with Crippen molar-refractivity contribution in [3.05, 3.63) is 60.2 Å². The van der Waals surface area contributed by atoms with Crippen LogP contribution in [0.2, 0.25) is 0 Å². The highest BCUT2D eigenvalue weighted by atomic mass is 16.5. The van der Waals surface area contributed by atoms with Gasteiger partial charge in [0.2, 0.25) is 0 Å². The zero-order valence-corrected chi connectivity index (χ0v) is 13.2. The molecule has 0 unspecified atom stereocenters. The van der Waals surface area contributed by atoms with Crippen molar-refractivity contribution < 1.29 is 4.74 Å². The predicted octanol–water partition coefficient (Wildman–Crippen LogP) is 5.15. The van der Waals surface area contributed by atoms with Gasteiger partial charge in [-0.25, -0.2) is 0 Å². The number of rotatable bonds is 7. The fraction of sp³-hybridized carbons (Fsp3) is 0.368. The number of nitrogens with one attached hydrogen (secondary N) is 1. The highest BCUT2D eigenvalue weighted by molar-refractivity contribution is 5.33. The standard InChI is InChI=1S/C19H25NO/c1-4-13-19(2,3)20-15-16-9-8-12-18(14-16)21-17-10-6-5-7-11-17/h5-12,14,20H,4,13,15H2,1-3H3. The monoisotopic (exact) mass is 283 g/mol. The summed E-state index contributed by atoms with van der Waals surface area (Å²) in [5.41, 5.74) is 1.41. The van der Waals surface area contributed by atoms with Crippen LogP contribution in [0.3, 0.4) is 0 Å². The molecule has 0 spiro atoms. The van der Waals surface area contributed by atoms with E-state index in [9.17, 15) is 0 Å². The Hall–Kier alpha value is -1.80. The summed E-state index contributed by atoms with van der Waals surface area (Å²) in [6.45, 7) is 7.58. The maximum Gasteiger partial charge on any atom is 0.127 e. The van der Waals surface area contributed by atoms with E-state index in [4.69, 9.17) is 4.74 Å². The second kappa shape index (κ2) is 7.28. The predicted molar refractivity (Wildman–Crippen MR) is 88.8 cm³/mol. The first-order valence-electron chi connectivity index (χ1n) is 7.66. The van der Waals surface area contributed by atoms with Gasteiger partial charge < -0.3 is 10.1 Å². The molecule has 0 aliphatic heterocycles. The molecule has 2 rings (SSSR count). The van der Waals surface area contributed by atoms with E-state index in [1.807, 2.05) is 42.5 Å². The highest BCUT2D eigenvalue weighted by Gasteiger charge is 2.15. The summed E-state index contributed by atoms with van der Waals surface area (Å²) in [7, 11) is 0. The third-order valence-corrected chi connectivity index (χ3v) is 3.52. The van der Waals surface area contributed by atoms with Crippen molar-refractivity contribution in [1.82, 2.24) is 5.32 Å². The summed E-state index contributed by atoms with van der Waals surface area (Å²) in [5, 5.41) is 3.61. The van der Waals surface area contributed by atoms with E-state index < -0.39 is 0 Å². The zero-order valence-electron chi connectivity index (χ0n) is 13.2. The maximum absolute atomic E-state index is 5.87. The van der Waals surface area contributed by atoms with Crippen molar-refractivity contribution in [3.63, 3.8) is 0 Å². The molecular weight excluding hydrogens is 258 g/mol. The summed E-state index contributed by atoms with van der Waals surface area (Å²) in [6, 6.07) is 18.2. The van der Waals surface area contributed by atoms with Crippen LogP contribution in [0.1, 0.15) is 39.2 Å². The van der Waals surface area contributed by atoms with Crippen LogP contribution in [0.15, 0.2) is 54.6 Å². The van der Waals surface area contributed by atoms with Gasteiger partial charge in [0.15, 0.2) is 0 Å². The van der Waals surface area contributed by atoms with Crippen LogP contribution in [0.25, 0.3) is 0 Å². The van der Waals surface area contributed by atoms with Crippen LogP contribution >= 0.6 is 0 Å². The van der Waals surface area contributed by atoms with Gasteiger partial charge in [0.25, 0.3) is 0 Å². The van der Waals surface area contributed by atoms with E-state index in [-0.39, 0.29) is 5.54 Å². The lowest BCUT2D eigenvalue weighted by molar-refractivity contribution is 0.356. The van der Waals surface area contributed by atoms with Gasteiger partial charge in [0, 0.05) is 12.1 Å². The second-order valence-electron chi connectivity index (χ2n) is 6.05. The lowest BCUT2D eigenvalue weighted by Gasteiger charge is -2.26. The topological polar surface area (TPSA) is 21.3 Å². The third kappa shape index (κ3) is 5.24. The number of ether oxygens (including phenoxy) is 1. The van der Waals surface area contributed by atoms with Gasteiger partial charge in [-0.3, -0.25) is 0 Å². The molecule has 0 fully saturated rings. The third-order valence-electron chi connectivity index (χ3n) is 3.52. The average molecular weight is 283 g/mol. The molecule has 0 bridgehead atoms. The fourth-order valence-corrected chi connectivity index (χ4v) is 2.40. The lowest BCUT2D eigenvalue weighted by Crippen LogP contribution is -2.38. The summed E-state index contributed by atoms with van der Waals surface area (Å²) < 4.78 is 5.87. The summed E-state index contributed by atoms with van der Waals surface area (Å²) in [6.07, 6.45) is 2.37. The normalized spacial score (nSPS) is 11.4. The number of hydrogen-bond acceptors (Lipinski definition) is 2. The zero-order chi connectivity index (χ0) is 15.1. The van der Waals surface area contributed by atoms with Crippen LogP contribution in [0.5, 0.6) is 11.5 Å². The first-order chi connectivity index (χ1) is 10.1. The van der Waals surface area contributed by atoms with Gasteiger partial charge in [-0.15, -0.1) is 0 Å². The molecule has 2 aromatic rings. The first-order valence-corrected chi connectivity index (χ1v) is 7.66. The Morgan fingerprint density at radius 2 is 1.67 bits per heavy atom. The van der Waals surface area contributed by atoms with Crippen molar-refractivity contribution in [3.8, 4) is 11.5 Å². The number of para-hydroxylation sites is 1. The molecule has 0 aromatic heterocycles. The average Bonchev–Trinajstić information content (AvgIpc) is 2.47. The molecule has 1 N–H and O–H groups in total. The van der Waals surface area contributed by atoms with Gasteiger partial charge in [0.05, 0.1) is 0 Å². The van der Waals surface area contributed by atoms with E-state index in [1.165, 1.54) is 18.4 Å². The largest absolute Gasteiger partial charge is 0.457 e. The van der Waals surface area contributed by atoms with Crippen LogP contribution in [-0.4, -0.2) is 5.54 Å². The van der Waals surface area contributed by atoms with E-state index in [0.717, 1.165) is 18.0 Å². The van der Waals surface area contributed by atoms with E-state index >= 15 is 0 Å². The molecule has 112 valence electrons. The minimum absolute atomic E-state index is 0.172. The second-order valence-corrected chi connectivity index (χ2v) is 6.05. The SMILES string of the molecule is CCCC(C)(C)NCc1cccc(Oc2ccccc2)c1. The Bertz CT molecular complexity index is 549. The highest BCUT2D eigenvalue weighted by Crippen LogP contribution is 2.22. The molecule has 0 heterocycles. The minimum atomic E-state index is 0.172. The van der Waals surface area contributed by atoms with Gasteiger partial charge >= 0.3 is 0 Å². The first kappa shape index (κ1) is 15.6. The molecule has 0 saturated heterocycles. The Morgan fingerprint density at radius 3 is 2.38 bits per heavy atom. The van der Waals surface area contributed by atoms with Gasteiger partial charge in [-0.2, -0.15) is 0 Å². The molecule has 0 aliphatic carbocycles. The van der Waals surface area contributed by atoms with Gasteiger partial charge in [0.1, 0.15) is 11.5 Å². The molecule has 2 nitrogen and oxygen atoms in total. The summed E-state index contributed by atoms with van der Waals surface area (Å²) in [5.74, 6) is 1.75. The molecule has 0 aliphatic rings. The van der Waals surface area contributed by atoms with Crippen LogP contribution in [0, 0.1) is 0 Å². The minimum Gasteiger partial charge on any atom is -0.457 e. The van der Waals surface area contributed by atoms with Crippen molar-refractivity contribution in [2.45, 2.75) is 45.7 Å². The number of benzene rings is 2. The fourth-order valence-electron chi connectivity index (χ4n) is 2.40. The molecule has 0 saturated carbocycles. The quantitative estimate of drug-likeness (QED) is 0.759. The summed E-state index contributed by atoms with van der Waals surface area (Å²) >= 11 is 0. The van der Waals surface area contributed by atoms with Crippen LogP contribution in [-0.2, 0) is 6.54 Å². The van der Waals surface area contributed by atoms with Crippen molar-refractivity contribution in [2.75, 3.05) is 0 Å². The number of hydrogen-bond donors (Lipinski definition) is 1. The Labute approximate surface area is 128 Å². The molecule has 0 atom stereocenters. The van der Waals surface area contributed by atoms with E-state index in [2.05, 4.69) is 38.2 Å². The van der Waals surface area contributed by atoms with Gasteiger partial charge in [-0.1, -0.05) is 43.7 Å². The molecule has 2 heteroatoms. The van der Waals surface area contributed by atoms with Crippen molar-refractivity contribution in [2.24, 2.45) is 0 Å². The molecular formula is C19H25NO. The maximum atomic E-state index is 5.87. The Morgan fingerprint density at radius 1 is 0.952 bits per heavy atom. The molecule has 21 heavy (non-hydrogen) atoms. The smallest absolute Gasteiger partial charge is 0.127 e. The van der Waals surface area contributed by atoms with Crippen molar-refractivity contribution >= 4 is 0 Å². The van der Waals surface area contributed by atoms with Gasteiger partial charge in [-0.05, 0) is 50.1 Å². The van der Waals surface area contributed by atoms with Crippen LogP contribution < -0.4 is 10.1 Å². The van der Waals surface area contributed by atoms with E-state index in [1.54, 1.807) is 0 Å². The van der Waals surface area contributed by atoms with Crippen molar-refractivity contribution in [1.29, 1.82) is 0 Å². The molecule has 2 aromatic carbocycles. The van der Waals surface area contributed by atoms with Crippen LogP contribution in [0.4, 0.5) is 0 Å². The Kier molecular flexibility index (Phi) is 5.40. The molecule has 0 radical (unpaired) electrons.